The SMILES string of the molecule is COc1ccc(Cl)cc1NCCC(=O)N1CCOC(CC(=O)O)C1. The fourth-order valence-corrected chi connectivity index (χ4v) is 2.72. The van der Waals surface area contributed by atoms with Gasteiger partial charge in [-0.15, -0.1) is 0 Å². The van der Waals surface area contributed by atoms with Crippen molar-refractivity contribution in [2.45, 2.75) is 18.9 Å². The number of carbonyl (C=O) groups excluding carboxylic acids is 1. The average Bonchev–Trinajstić information content (AvgIpc) is 2.54. The number of methoxy groups -OCH3 is 1. The number of nitrogens with one attached hydrogen (secondary N) is 1. The third-order valence-corrected chi connectivity index (χ3v) is 3.94. The fraction of sp³-hybridized carbons (Fsp3) is 0.500. The van der Waals surface area contributed by atoms with E-state index in [2.05, 4.69) is 5.32 Å². The van der Waals surface area contributed by atoms with Crippen molar-refractivity contribution in [3.63, 3.8) is 0 Å². The maximum atomic E-state index is 12.3. The van der Waals surface area contributed by atoms with E-state index >= 15 is 0 Å². The van der Waals surface area contributed by atoms with Crippen LogP contribution in [0.5, 0.6) is 5.75 Å². The number of benzene rings is 1. The molecule has 1 atom stereocenters. The molecule has 0 saturated carbocycles. The summed E-state index contributed by atoms with van der Waals surface area (Å²) in [5.41, 5.74) is 0.725. The summed E-state index contributed by atoms with van der Waals surface area (Å²) >= 11 is 5.96. The number of ether oxygens (including phenoxy) is 2. The zero-order valence-electron chi connectivity index (χ0n) is 13.5. The van der Waals surface area contributed by atoms with Gasteiger partial charge in [-0.2, -0.15) is 0 Å². The second kappa shape index (κ2) is 8.75. The number of morpholine rings is 1. The highest BCUT2D eigenvalue weighted by Crippen LogP contribution is 2.27. The van der Waals surface area contributed by atoms with E-state index in [1.165, 1.54) is 0 Å². The number of anilines is 1. The van der Waals surface area contributed by atoms with Crippen LogP contribution < -0.4 is 10.1 Å². The van der Waals surface area contributed by atoms with Crippen LogP contribution in [0.4, 0.5) is 5.69 Å². The molecular weight excluding hydrogens is 336 g/mol. The van der Waals surface area contributed by atoms with Crippen LogP contribution in [0.2, 0.25) is 5.02 Å². The summed E-state index contributed by atoms with van der Waals surface area (Å²) in [6.45, 7) is 1.58. The van der Waals surface area contributed by atoms with Crippen molar-refractivity contribution in [3.8, 4) is 5.75 Å². The van der Waals surface area contributed by atoms with Crippen molar-refractivity contribution in [2.75, 3.05) is 38.7 Å². The Bertz CT molecular complexity index is 596. The topological polar surface area (TPSA) is 88.1 Å². The molecule has 2 rings (SSSR count). The van der Waals surface area contributed by atoms with Gasteiger partial charge in [-0.3, -0.25) is 9.59 Å². The first kappa shape index (κ1) is 18.4. The van der Waals surface area contributed by atoms with E-state index in [0.717, 1.165) is 5.69 Å². The molecule has 8 heteroatoms. The third kappa shape index (κ3) is 5.28. The van der Waals surface area contributed by atoms with Crippen molar-refractivity contribution < 1.29 is 24.2 Å². The van der Waals surface area contributed by atoms with Gasteiger partial charge in [-0.1, -0.05) is 11.6 Å². The monoisotopic (exact) mass is 356 g/mol. The first-order chi connectivity index (χ1) is 11.5. The van der Waals surface area contributed by atoms with E-state index in [1.54, 1.807) is 30.2 Å². The number of carbonyl (C=O) groups is 2. The Kier molecular flexibility index (Phi) is 6.69. The lowest BCUT2D eigenvalue weighted by Crippen LogP contribution is -2.46. The molecule has 0 spiro atoms. The fourth-order valence-electron chi connectivity index (χ4n) is 2.54. The van der Waals surface area contributed by atoms with Crippen LogP contribution >= 0.6 is 11.6 Å². The molecule has 1 aromatic carbocycles. The third-order valence-electron chi connectivity index (χ3n) is 3.71. The minimum Gasteiger partial charge on any atom is -0.495 e. The van der Waals surface area contributed by atoms with Crippen molar-refractivity contribution in [1.82, 2.24) is 4.90 Å². The van der Waals surface area contributed by atoms with Crippen LogP contribution in [0, 0.1) is 0 Å². The largest absolute Gasteiger partial charge is 0.495 e. The van der Waals surface area contributed by atoms with E-state index in [4.69, 9.17) is 26.2 Å². The summed E-state index contributed by atoms with van der Waals surface area (Å²) in [6.07, 6.45) is -0.252. The van der Waals surface area contributed by atoms with Crippen LogP contribution in [0.3, 0.4) is 0 Å². The molecule has 2 N–H and O–H groups in total. The molecule has 1 aliphatic heterocycles. The number of hydrogen-bond acceptors (Lipinski definition) is 5. The van der Waals surface area contributed by atoms with Crippen LogP contribution in [-0.2, 0) is 14.3 Å². The molecule has 1 aromatic rings. The smallest absolute Gasteiger partial charge is 0.306 e. The summed E-state index contributed by atoms with van der Waals surface area (Å²) in [5.74, 6) is -0.314. The van der Waals surface area contributed by atoms with Crippen LogP contribution in [-0.4, -0.2) is 61.3 Å². The normalized spacial score (nSPS) is 17.4. The Labute approximate surface area is 145 Å². The first-order valence-corrected chi connectivity index (χ1v) is 8.06. The van der Waals surface area contributed by atoms with Crippen molar-refractivity contribution in [1.29, 1.82) is 0 Å². The maximum Gasteiger partial charge on any atom is 0.306 e. The number of halogens is 1. The Hall–Kier alpha value is -1.99. The molecule has 1 heterocycles. The number of aliphatic carboxylic acids is 1. The predicted molar refractivity (Wildman–Crippen MR) is 89.7 cm³/mol. The van der Waals surface area contributed by atoms with E-state index < -0.39 is 12.1 Å². The van der Waals surface area contributed by atoms with Gasteiger partial charge in [-0.05, 0) is 18.2 Å². The lowest BCUT2D eigenvalue weighted by molar-refractivity contribution is -0.147. The van der Waals surface area contributed by atoms with Gasteiger partial charge < -0.3 is 24.8 Å². The molecule has 7 nitrogen and oxygen atoms in total. The standard InChI is InChI=1S/C16H21ClN2O5/c1-23-14-3-2-11(17)8-13(14)18-5-4-15(20)19-6-7-24-12(10-19)9-16(21)22/h2-3,8,12,18H,4-7,9-10H2,1H3,(H,21,22). The van der Waals surface area contributed by atoms with Crippen LogP contribution in [0.25, 0.3) is 0 Å². The zero-order valence-corrected chi connectivity index (χ0v) is 14.2. The second-order valence-electron chi connectivity index (χ2n) is 5.45. The van der Waals surface area contributed by atoms with Crippen LogP contribution in [0.15, 0.2) is 18.2 Å². The van der Waals surface area contributed by atoms with Gasteiger partial charge in [0.25, 0.3) is 0 Å². The first-order valence-electron chi connectivity index (χ1n) is 7.68. The highest BCUT2D eigenvalue weighted by Gasteiger charge is 2.25. The molecule has 0 aliphatic carbocycles. The van der Waals surface area contributed by atoms with Crippen molar-refractivity contribution in [2.24, 2.45) is 0 Å². The summed E-state index contributed by atoms with van der Waals surface area (Å²) in [6, 6.07) is 5.22. The average molecular weight is 357 g/mol. The summed E-state index contributed by atoms with van der Waals surface area (Å²) in [7, 11) is 1.57. The molecule has 0 radical (unpaired) electrons. The van der Waals surface area contributed by atoms with E-state index in [9.17, 15) is 9.59 Å². The minimum atomic E-state index is -0.927. The zero-order chi connectivity index (χ0) is 17.5. The van der Waals surface area contributed by atoms with Crippen LogP contribution in [0.1, 0.15) is 12.8 Å². The highest BCUT2D eigenvalue weighted by molar-refractivity contribution is 6.30. The van der Waals surface area contributed by atoms with E-state index in [-0.39, 0.29) is 18.7 Å². The molecule has 1 unspecified atom stereocenters. The Morgan fingerprint density at radius 2 is 2.29 bits per heavy atom. The molecule has 24 heavy (non-hydrogen) atoms. The van der Waals surface area contributed by atoms with Gasteiger partial charge >= 0.3 is 5.97 Å². The quantitative estimate of drug-likeness (QED) is 0.775. The summed E-state index contributed by atoms with van der Waals surface area (Å²) < 4.78 is 10.6. The number of amides is 1. The molecule has 1 amide bonds. The molecule has 1 aliphatic rings. The van der Waals surface area contributed by atoms with Gasteiger partial charge in [0, 0.05) is 31.1 Å². The number of rotatable bonds is 7. The lowest BCUT2D eigenvalue weighted by atomic mass is 10.2. The second-order valence-corrected chi connectivity index (χ2v) is 5.89. The number of hydrogen-bond donors (Lipinski definition) is 2. The highest BCUT2D eigenvalue weighted by atomic mass is 35.5. The molecular formula is C16H21ClN2O5. The summed E-state index contributed by atoms with van der Waals surface area (Å²) in [5, 5.41) is 12.5. The summed E-state index contributed by atoms with van der Waals surface area (Å²) in [4.78, 5) is 24.7. The lowest BCUT2D eigenvalue weighted by Gasteiger charge is -2.32. The number of carboxylic acids is 1. The van der Waals surface area contributed by atoms with Gasteiger partial charge in [-0.25, -0.2) is 0 Å². The predicted octanol–water partition coefficient (Wildman–Crippen LogP) is 1.85. The van der Waals surface area contributed by atoms with Gasteiger partial charge in [0.05, 0.1) is 31.9 Å². The molecule has 0 bridgehead atoms. The molecule has 1 fully saturated rings. The van der Waals surface area contributed by atoms with E-state index in [1.807, 2.05) is 0 Å². The van der Waals surface area contributed by atoms with Crippen molar-refractivity contribution >= 4 is 29.2 Å². The molecule has 0 aromatic heterocycles. The molecule has 1 saturated heterocycles. The van der Waals surface area contributed by atoms with Gasteiger partial charge in [0.1, 0.15) is 5.75 Å². The Morgan fingerprint density at radius 1 is 1.50 bits per heavy atom. The van der Waals surface area contributed by atoms with Gasteiger partial charge in [0.15, 0.2) is 0 Å². The number of carboxylic acid groups (broad SMARTS) is 1. The minimum absolute atomic E-state index is 0.0396. The Morgan fingerprint density at radius 3 is 3.00 bits per heavy atom. The molecule has 132 valence electrons. The van der Waals surface area contributed by atoms with Crippen molar-refractivity contribution in [3.05, 3.63) is 23.2 Å². The van der Waals surface area contributed by atoms with Gasteiger partial charge in [0.2, 0.25) is 5.91 Å². The maximum absolute atomic E-state index is 12.3. The van der Waals surface area contributed by atoms with E-state index in [0.29, 0.717) is 37.0 Å². The Balaban J connectivity index is 1.83. The number of nitrogens with zero attached hydrogens (tertiary/aromatic N) is 1.